The molecule has 0 saturated carbocycles. The van der Waals surface area contributed by atoms with Crippen LogP contribution in [0.1, 0.15) is 5.56 Å². The van der Waals surface area contributed by atoms with Crippen LogP contribution in [0, 0.1) is 6.92 Å². The lowest BCUT2D eigenvalue weighted by molar-refractivity contribution is 0.967. The summed E-state index contributed by atoms with van der Waals surface area (Å²) in [7, 11) is 0. The highest BCUT2D eigenvalue weighted by Gasteiger charge is 2.05. The zero-order valence-corrected chi connectivity index (χ0v) is 8.31. The number of hydrogen-bond acceptors (Lipinski definition) is 2. The third-order valence-corrected chi connectivity index (χ3v) is 2.45. The summed E-state index contributed by atoms with van der Waals surface area (Å²) in [6.07, 6.45) is 5.33. The Balaban J connectivity index is 2.27. The predicted molar refractivity (Wildman–Crippen MR) is 58.0 cm³/mol. The van der Waals surface area contributed by atoms with Gasteiger partial charge in [-0.2, -0.15) is 0 Å². The van der Waals surface area contributed by atoms with Crippen molar-refractivity contribution in [1.29, 1.82) is 0 Å². The van der Waals surface area contributed by atoms with Gasteiger partial charge in [0.1, 0.15) is 6.33 Å². The van der Waals surface area contributed by atoms with Gasteiger partial charge in [0.25, 0.3) is 0 Å². The molecule has 0 bridgehead atoms. The second kappa shape index (κ2) is 2.95. The third-order valence-electron chi connectivity index (χ3n) is 2.45. The summed E-state index contributed by atoms with van der Waals surface area (Å²) >= 11 is 0. The van der Waals surface area contributed by atoms with Crippen molar-refractivity contribution in [2.45, 2.75) is 6.92 Å². The lowest BCUT2D eigenvalue weighted by Crippen LogP contribution is -1.91. The van der Waals surface area contributed by atoms with Gasteiger partial charge in [0.05, 0.1) is 11.0 Å². The number of nitrogens with one attached hydrogen (secondary N) is 1. The number of para-hydroxylation sites is 1. The van der Waals surface area contributed by atoms with Gasteiger partial charge in [0.2, 0.25) is 5.95 Å². The van der Waals surface area contributed by atoms with Gasteiger partial charge >= 0.3 is 0 Å². The highest BCUT2D eigenvalue weighted by molar-refractivity contribution is 5.79. The molecule has 74 valence electrons. The van der Waals surface area contributed by atoms with Crippen molar-refractivity contribution in [3.63, 3.8) is 0 Å². The SMILES string of the molecule is Cc1cccc2[nH]c(-n3ccnc3)nc12. The Kier molecular flexibility index (Phi) is 1.62. The molecular formula is C11H10N4. The fraction of sp³-hybridized carbons (Fsp3) is 0.0909. The van der Waals surface area contributed by atoms with Gasteiger partial charge in [-0.25, -0.2) is 9.97 Å². The topological polar surface area (TPSA) is 46.5 Å². The number of aromatic nitrogens is 4. The summed E-state index contributed by atoms with van der Waals surface area (Å²) in [5, 5.41) is 0. The third kappa shape index (κ3) is 1.22. The molecule has 3 rings (SSSR count). The highest BCUT2D eigenvalue weighted by atomic mass is 15.2. The van der Waals surface area contributed by atoms with E-state index in [9.17, 15) is 0 Å². The molecule has 4 heteroatoms. The number of hydrogen-bond donors (Lipinski definition) is 1. The summed E-state index contributed by atoms with van der Waals surface area (Å²) in [6, 6.07) is 6.10. The summed E-state index contributed by atoms with van der Waals surface area (Å²) in [5.41, 5.74) is 3.25. The minimum atomic E-state index is 0.803. The Bertz CT molecular complexity index is 592. The van der Waals surface area contributed by atoms with E-state index in [2.05, 4.69) is 27.9 Å². The Morgan fingerprint density at radius 1 is 1.33 bits per heavy atom. The van der Waals surface area contributed by atoms with Gasteiger partial charge in [-0.05, 0) is 18.6 Å². The molecule has 0 aliphatic heterocycles. The summed E-state index contributed by atoms with van der Waals surface area (Å²) in [6.45, 7) is 2.06. The molecule has 0 amide bonds. The van der Waals surface area contributed by atoms with E-state index in [-0.39, 0.29) is 0 Å². The standard InChI is InChI=1S/C11H10N4/c1-8-3-2-4-9-10(8)14-11(13-9)15-6-5-12-7-15/h2-7H,1H3,(H,13,14). The molecular weight excluding hydrogens is 188 g/mol. The number of imidazole rings is 2. The molecule has 3 aromatic rings. The number of benzene rings is 1. The number of fused-ring (bicyclic) bond motifs is 1. The van der Waals surface area contributed by atoms with E-state index in [1.807, 2.05) is 22.9 Å². The van der Waals surface area contributed by atoms with Crippen LogP contribution in [-0.2, 0) is 0 Å². The van der Waals surface area contributed by atoms with Crippen LogP contribution < -0.4 is 0 Å². The molecule has 0 saturated heterocycles. The predicted octanol–water partition coefficient (Wildman–Crippen LogP) is 2.06. The van der Waals surface area contributed by atoms with Gasteiger partial charge in [0.15, 0.2) is 0 Å². The normalized spacial score (nSPS) is 11.0. The summed E-state index contributed by atoms with van der Waals surface area (Å²) < 4.78 is 1.86. The van der Waals surface area contributed by atoms with Gasteiger partial charge in [-0.3, -0.25) is 4.57 Å². The van der Waals surface area contributed by atoms with Crippen molar-refractivity contribution in [1.82, 2.24) is 19.5 Å². The second-order valence-corrected chi connectivity index (χ2v) is 3.50. The molecule has 4 nitrogen and oxygen atoms in total. The first-order chi connectivity index (χ1) is 7.34. The van der Waals surface area contributed by atoms with E-state index in [1.165, 1.54) is 5.56 Å². The largest absolute Gasteiger partial charge is 0.323 e. The van der Waals surface area contributed by atoms with Gasteiger partial charge in [-0.15, -0.1) is 0 Å². The zero-order valence-electron chi connectivity index (χ0n) is 8.31. The first-order valence-corrected chi connectivity index (χ1v) is 4.78. The van der Waals surface area contributed by atoms with E-state index in [0.29, 0.717) is 0 Å². The number of aryl methyl sites for hydroxylation is 1. The average Bonchev–Trinajstić information content (AvgIpc) is 2.86. The molecule has 1 aromatic carbocycles. The van der Waals surface area contributed by atoms with Crippen LogP contribution in [0.3, 0.4) is 0 Å². The molecule has 2 heterocycles. The Morgan fingerprint density at radius 3 is 3.00 bits per heavy atom. The fourth-order valence-electron chi connectivity index (χ4n) is 1.67. The maximum absolute atomic E-state index is 4.52. The molecule has 2 aromatic heterocycles. The first kappa shape index (κ1) is 8.23. The van der Waals surface area contributed by atoms with Crippen LogP contribution in [0.15, 0.2) is 36.9 Å². The van der Waals surface area contributed by atoms with E-state index in [1.54, 1.807) is 12.5 Å². The molecule has 0 unspecified atom stereocenters. The highest BCUT2D eigenvalue weighted by Crippen LogP contribution is 2.16. The Morgan fingerprint density at radius 2 is 2.27 bits per heavy atom. The molecule has 0 aliphatic rings. The first-order valence-electron chi connectivity index (χ1n) is 4.78. The van der Waals surface area contributed by atoms with Crippen molar-refractivity contribution in [3.8, 4) is 5.95 Å². The quantitative estimate of drug-likeness (QED) is 0.650. The van der Waals surface area contributed by atoms with Crippen molar-refractivity contribution in [2.24, 2.45) is 0 Å². The van der Waals surface area contributed by atoms with Crippen LogP contribution in [0.25, 0.3) is 17.0 Å². The fourth-order valence-corrected chi connectivity index (χ4v) is 1.67. The Hall–Kier alpha value is -2.10. The number of aromatic amines is 1. The molecule has 0 fully saturated rings. The molecule has 15 heavy (non-hydrogen) atoms. The van der Waals surface area contributed by atoms with E-state index in [0.717, 1.165) is 17.0 Å². The van der Waals surface area contributed by atoms with Gasteiger partial charge in [0, 0.05) is 12.4 Å². The molecule has 0 radical (unpaired) electrons. The zero-order chi connectivity index (χ0) is 10.3. The minimum Gasteiger partial charge on any atom is -0.323 e. The maximum Gasteiger partial charge on any atom is 0.213 e. The van der Waals surface area contributed by atoms with Crippen LogP contribution >= 0.6 is 0 Å². The second-order valence-electron chi connectivity index (χ2n) is 3.50. The number of H-pyrrole nitrogens is 1. The van der Waals surface area contributed by atoms with Crippen molar-refractivity contribution in [3.05, 3.63) is 42.5 Å². The van der Waals surface area contributed by atoms with E-state index >= 15 is 0 Å². The molecule has 0 atom stereocenters. The monoisotopic (exact) mass is 198 g/mol. The Labute approximate surface area is 86.6 Å². The van der Waals surface area contributed by atoms with Gasteiger partial charge < -0.3 is 4.98 Å². The summed E-state index contributed by atoms with van der Waals surface area (Å²) in [4.78, 5) is 11.8. The molecule has 1 N–H and O–H groups in total. The number of nitrogens with zero attached hydrogens (tertiary/aromatic N) is 3. The maximum atomic E-state index is 4.52. The van der Waals surface area contributed by atoms with Crippen LogP contribution in [-0.4, -0.2) is 19.5 Å². The van der Waals surface area contributed by atoms with Crippen LogP contribution in [0.5, 0.6) is 0 Å². The average molecular weight is 198 g/mol. The molecule has 0 aliphatic carbocycles. The van der Waals surface area contributed by atoms with E-state index in [4.69, 9.17) is 0 Å². The molecule has 0 spiro atoms. The minimum absolute atomic E-state index is 0.803. The number of rotatable bonds is 1. The van der Waals surface area contributed by atoms with Crippen LogP contribution in [0.4, 0.5) is 0 Å². The van der Waals surface area contributed by atoms with E-state index < -0.39 is 0 Å². The smallest absolute Gasteiger partial charge is 0.213 e. The van der Waals surface area contributed by atoms with Crippen molar-refractivity contribution < 1.29 is 0 Å². The van der Waals surface area contributed by atoms with Gasteiger partial charge in [-0.1, -0.05) is 12.1 Å². The lowest BCUT2D eigenvalue weighted by Gasteiger charge is -1.92. The lowest BCUT2D eigenvalue weighted by atomic mass is 10.2. The van der Waals surface area contributed by atoms with Crippen molar-refractivity contribution >= 4 is 11.0 Å². The summed E-state index contributed by atoms with van der Waals surface area (Å²) in [5.74, 6) is 0.803. The van der Waals surface area contributed by atoms with Crippen molar-refractivity contribution in [2.75, 3.05) is 0 Å². The van der Waals surface area contributed by atoms with Crippen LogP contribution in [0.2, 0.25) is 0 Å².